The van der Waals surface area contributed by atoms with Gasteiger partial charge in [-0.2, -0.15) is 0 Å². The number of aliphatic hydroxyl groups is 1. The van der Waals surface area contributed by atoms with E-state index in [2.05, 4.69) is 27.7 Å². The van der Waals surface area contributed by atoms with Crippen LogP contribution >= 0.6 is 15.6 Å². The van der Waals surface area contributed by atoms with Gasteiger partial charge in [-0.3, -0.25) is 37.3 Å². The second-order valence-corrected chi connectivity index (χ2v) is 26.8. The fourth-order valence-electron chi connectivity index (χ4n) is 9.99. The standard InChI is InChI=1S/C66H128O17P2/c1-5-9-13-17-21-25-27-29-30-31-33-37-41-45-49-53-66(71)83-62(57-77-64(69)51-47-43-39-36-32-28-26-22-18-14-10-6-2)59-81-85(74,75)79-55-60(67)54-78-84(72,73)80-58-61(82-65(70)52-48-44-40-35-24-20-16-12-8-4)56-76-63(68)50-46-42-38-34-23-19-15-11-7-3/h60-62,67H,5-59H2,1-4H3,(H,72,73)(H,74,75)/t60-,61+,62+/m0/s1. The predicted octanol–water partition coefficient (Wildman–Crippen LogP) is 18.7. The van der Waals surface area contributed by atoms with Crippen molar-refractivity contribution in [2.75, 3.05) is 39.6 Å². The number of aliphatic hydroxyl groups excluding tert-OH is 1. The number of rotatable bonds is 67. The maximum atomic E-state index is 13.0. The van der Waals surface area contributed by atoms with Crippen molar-refractivity contribution in [3.8, 4) is 0 Å². The topological polar surface area (TPSA) is 237 Å². The van der Waals surface area contributed by atoms with Gasteiger partial charge in [0.25, 0.3) is 0 Å². The van der Waals surface area contributed by atoms with Crippen molar-refractivity contribution in [3.63, 3.8) is 0 Å². The quantitative estimate of drug-likeness (QED) is 0.0222. The minimum Gasteiger partial charge on any atom is -0.462 e. The fraction of sp³-hybridized carbons (Fsp3) is 0.939. The molecule has 0 aromatic carbocycles. The molecular weight excluding hydrogens is 1130 g/mol. The smallest absolute Gasteiger partial charge is 0.462 e. The summed E-state index contributed by atoms with van der Waals surface area (Å²) in [7, 11) is -9.88. The van der Waals surface area contributed by atoms with Crippen molar-refractivity contribution >= 4 is 39.5 Å². The summed E-state index contributed by atoms with van der Waals surface area (Å²) in [5.41, 5.74) is 0. The number of ether oxygens (including phenoxy) is 4. The number of hydrogen-bond acceptors (Lipinski definition) is 15. The first kappa shape index (κ1) is 83.1. The first-order valence-electron chi connectivity index (χ1n) is 34.8. The average Bonchev–Trinajstić information content (AvgIpc) is 3.58. The van der Waals surface area contributed by atoms with Gasteiger partial charge in [-0.05, 0) is 25.7 Å². The highest BCUT2D eigenvalue weighted by atomic mass is 31.2. The van der Waals surface area contributed by atoms with E-state index < -0.39 is 97.5 Å². The van der Waals surface area contributed by atoms with E-state index in [0.29, 0.717) is 25.7 Å². The highest BCUT2D eigenvalue weighted by molar-refractivity contribution is 7.47. The molecule has 2 unspecified atom stereocenters. The van der Waals surface area contributed by atoms with E-state index in [4.69, 9.17) is 37.0 Å². The summed E-state index contributed by atoms with van der Waals surface area (Å²) in [6.45, 7) is 4.89. The summed E-state index contributed by atoms with van der Waals surface area (Å²) in [6, 6.07) is 0. The van der Waals surface area contributed by atoms with E-state index in [9.17, 15) is 43.2 Å². The van der Waals surface area contributed by atoms with Crippen LogP contribution in [0.25, 0.3) is 0 Å². The Kier molecular flexibility index (Phi) is 59.6. The molecule has 17 nitrogen and oxygen atoms in total. The van der Waals surface area contributed by atoms with Crippen molar-refractivity contribution in [2.24, 2.45) is 0 Å². The van der Waals surface area contributed by atoms with Crippen LogP contribution in [0.3, 0.4) is 0 Å². The third-order valence-corrected chi connectivity index (χ3v) is 17.3. The number of hydrogen-bond donors (Lipinski definition) is 3. The normalized spacial score (nSPS) is 14.1. The van der Waals surface area contributed by atoms with Crippen molar-refractivity contribution in [1.29, 1.82) is 0 Å². The van der Waals surface area contributed by atoms with E-state index in [0.717, 1.165) is 89.9 Å². The highest BCUT2D eigenvalue weighted by Gasteiger charge is 2.30. The number of carbonyl (C=O) groups is 4. The molecule has 0 saturated heterocycles. The van der Waals surface area contributed by atoms with Crippen molar-refractivity contribution in [2.45, 2.75) is 361 Å². The summed E-state index contributed by atoms with van der Waals surface area (Å²) >= 11 is 0. The molecule has 0 radical (unpaired) electrons. The summed E-state index contributed by atoms with van der Waals surface area (Å²) < 4.78 is 68.0. The van der Waals surface area contributed by atoms with E-state index in [1.165, 1.54) is 173 Å². The molecule has 3 N–H and O–H groups in total. The van der Waals surface area contributed by atoms with Crippen LogP contribution in [0.2, 0.25) is 0 Å². The molecule has 0 spiro atoms. The Morgan fingerprint density at radius 2 is 0.471 bits per heavy atom. The maximum Gasteiger partial charge on any atom is 0.472 e. The first-order chi connectivity index (χ1) is 41.2. The number of esters is 4. The molecule has 0 rings (SSSR count). The Labute approximate surface area is 517 Å². The molecule has 5 atom stereocenters. The molecule has 0 aliphatic rings. The third-order valence-electron chi connectivity index (χ3n) is 15.4. The Hall–Kier alpha value is -1.94. The summed E-state index contributed by atoms with van der Waals surface area (Å²) in [5.74, 6) is -2.13. The zero-order valence-electron chi connectivity index (χ0n) is 54.6. The molecule has 0 amide bonds. The summed E-state index contributed by atoms with van der Waals surface area (Å²) in [5, 5.41) is 10.5. The lowest BCUT2D eigenvalue weighted by Gasteiger charge is -2.21. The molecule has 0 fully saturated rings. The van der Waals surface area contributed by atoms with Crippen LogP contribution in [-0.4, -0.2) is 96.7 Å². The number of unbranched alkanes of at least 4 members (excludes halogenated alkanes) is 41. The molecule has 0 aliphatic heterocycles. The molecule has 504 valence electrons. The Morgan fingerprint density at radius 1 is 0.282 bits per heavy atom. The van der Waals surface area contributed by atoms with Gasteiger partial charge in [-0.25, -0.2) is 9.13 Å². The van der Waals surface area contributed by atoms with Crippen LogP contribution < -0.4 is 0 Å². The van der Waals surface area contributed by atoms with Crippen molar-refractivity contribution in [1.82, 2.24) is 0 Å². The van der Waals surface area contributed by atoms with Crippen molar-refractivity contribution < 1.29 is 80.2 Å². The van der Waals surface area contributed by atoms with Gasteiger partial charge in [0, 0.05) is 25.7 Å². The second kappa shape index (κ2) is 60.9. The predicted molar refractivity (Wildman–Crippen MR) is 340 cm³/mol. The van der Waals surface area contributed by atoms with Gasteiger partial charge in [-0.15, -0.1) is 0 Å². The molecule has 19 heteroatoms. The van der Waals surface area contributed by atoms with E-state index in [1.807, 2.05) is 0 Å². The minimum absolute atomic E-state index is 0.106. The zero-order valence-corrected chi connectivity index (χ0v) is 56.4. The minimum atomic E-state index is -4.94. The Bertz CT molecular complexity index is 1640. The molecule has 0 aliphatic carbocycles. The molecule has 0 aromatic rings. The molecule has 0 heterocycles. The maximum absolute atomic E-state index is 13.0. The molecule has 0 aromatic heterocycles. The Balaban J connectivity index is 5.21. The van der Waals surface area contributed by atoms with Gasteiger partial charge in [0.1, 0.15) is 19.3 Å². The molecular formula is C66H128O17P2. The van der Waals surface area contributed by atoms with Crippen LogP contribution in [0.1, 0.15) is 342 Å². The SMILES string of the molecule is CCCCCCCCCCCCCCCCCC(=O)O[C@H](COC(=O)CCCCCCCCCCCCCC)COP(=O)(O)OC[C@@H](O)COP(=O)(O)OC[C@@H](COC(=O)CCCCCCCCCCC)OC(=O)CCCCCCCCCCC. The molecule has 0 saturated carbocycles. The fourth-order valence-corrected chi connectivity index (χ4v) is 11.6. The van der Waals surface area contributed by atoms with Gasteiger partial charge < -0.3 is 33.8 Å². The second-order valence-electron chi connectivity index (χ2n) is 23.9. The van der Waals surface area contributed by atoms with Crippen LogP contribution in [-0.2, 0) is 65.4 Å². The van der Waals surface area contributed by atoms with Gasteiger partial charge in [0.2, 0.25) is 0 Å². The lowest BCUT2D eigenvalue weighted by Crippen LogP contribution is -2.30. The van der Waals surface area contributed by atoms with Gasteiger partial charge in [0.15, 0.2) is 12.2 Å². The number of phosphoric acid groups is 2. The highest BCUT2D eigenvalue weighted by Crippen LogP contribution is 2.45. The lowest BCUT2D eigenvalue weighted by atomic mass is 10.0. The van der Waals surface area contributed by atoms with Crippen LogP contribution in [0.4, 0.5) is 0 Å². The molecule has 85 heavy (non-hydrogen) atoms. The van der Waals surface area contributed by atoms with E-state index in [-0.39, 0.29) is 25.7 Å². The monoisotopic (exact) mass is 1250 g/mol. The zero-order chi connectivity index (χ0) is 62.6. The summed E-state index contributed by atoms with van der Waals surface area (Å²) in [6.07, 6.45) is 47.1. The Morgan fingerprint density at radius 3 is 0.694 bits per heavy atom. The largest absolute Gasteiger partial charge is 0.472 e. The van der Waals surface area contributed by atoms with Crippen LogP contribution in [0.5, 0.6) is 0 Å². The number of phosphoric ester groups is 2. The average molecular weight is 1260 g/mol. The first-order valence-corrected chi connectivity index (χ1v) is 37.8. The van der Waals surface area contributed by atoms with Gasteiger partial charge >= 0.3 is 39.5 Å². The number of carbonyl (C=O) groups excluding carboxylic acids is 4. The lowest BCUT2D eigenvalue weighted by molar-refractivity contribution is -0.161. The van der Waals surface area contributed by atoms with Gasteiger partial charge in [-0.1, -0.05) is 291 Å². The van der Waals surface area contributed by atoms with Crippen molar-refractivity contribution in [3.05, 3.63) is 0 Å². The van der Waals surface area contributed by atoms with Crippen LogP contribution in [0.15, 0.2) is 0 Å². The van der Waals surface area contributed by atoms with E-state index >= 15 is 0 Å². The van der Waals surface area contributed by atoms with Gasteiger partial charge in [0.05, 0.1) is 26.4 Å². The van der Waals surface area contributed by atoms with E-state index in [1.54, 1.807) is 0 Å². The third kappa shape index (κ3) is 60.7. The summed E-state index contributed by atoms with van der Waals surface area (Å²) in [4.78, 5) is 72.2. The molecule has 0 bridgehead atoms. The van der Waals surface area contributed by atoms with Crippen LogP contribution in [0, 0.1) is 0 Å².